The zero-order valence-corrected chi connectivity index (χ0v) is 10.2. The first-order valence-corrected chi connectivity index (χ1v) is 7.26. The molecule has 2 aliphatic rings. The van der Waals surface area contributed by atoms with Crippen molar-refractivity contribution in [2.45, 2.75) is 37.0 Å². The molecule has 6 heteroatoms. The van der Waals surface area contributed by atoms with E-state index in [1.54, 1.807) is 4.31 Å². The number of piperidine rings is 1. The van der Waals surface area contributed by atoms with E-state index in [1.165, 1.54) is 12.1 Å². The van der Waals surface area contributed by atoms with Gasteiger partial charge < -0.3 is 9.52 Å². The fourth-order valence-corrected chi connectivity index (χ4v) is 4.55. The quantitative estimate of drug-likeness (QED) is 0.875. The summed E-state index contributed by atoms with van der Waals surface area (Å²) in [5, 5.41) is 8.84. The number of aliphatic hydroxyl groups excluding tert-OH is 1. The van der Waals surface area contributed by atoms with Gasteiger partial charge in [0, 0.05) is 12.6 Å². The Kier molecular flexibility index (Phi) is 2.53. The van der Waals surface area contributed by atoms with Crippen molar-refractivity contribution in [2.75, 3.05) is 6.54 Å². The molecule has 1 aliphatic heterocycles. The summed E-state index contributed by atoms with van der Waals surface area (Å²) in [6, 6.07) is 3.07. The van der Waals surface area contributed by atoms with E-state index in [0.717, 1.165) is 19.3 Å². The molecule has 1 N–H and O–H groups in total. The van der Waals surface area contributed by atoms with Crippen molar-refractivity contribution in [2.24, 2.45) is 5.92 Å². The molecule has 0 amide bonds. The second kappa shape index (κ2) is 3.83. The number of hydrogen-bond donors (Lipinski definition) is 1. The molecule has 0 radical (unpaired) electrons. The van der Waals surface area contributed by atoms with Crippen LogP contribution in [0.4, 0.5) is 0 Å². The van der Waals surface area contributed by atoms with Crippen molar-refractivity contribution in [3.8, 4) is 0 Å². The molecule has 2 fully saturated rings. The van der Waals surface area contributed by atoms with Crippen LogP contribution in [0.2, 0.25) is 0 Å². The van der Waals surface area contributed by atoms with Crippen LogP contribution < -0.4 is 0 Å². The molecule has 1 aromatic heterocycles. The Hall–Kier alpha value is -0.850. The number of furan rings is 1. The van der Waals surface area contributed by atoms with Gasteiger partial charge in [0.1, 0.15) is 12.4 Å². The van der Waals surface area contributed by atoms with Gasteiger partial charge >= 0.3 is 0 Å². The zero-order chi connectivity index (χ0) is 12.0. The normalized spacial score (nSPS) is 29.0. The molecular weight excluding hydrogens is 242 g/mol. The number of hydrogen-bond acceptors (Lipinski definition) is 4. The Bertz CT molecular complexity index is 521. The molecule has 5 nitrogen and oxygen atoms in total. The molecule has 1 aliphatic carbocycles. The second-order valence-corrected chi connectivity index (χ2v) is 6.61. The van der Waals surface area contributed by atoms with Crippen molar-refractivity contribution in [3.63, 3.8) is 0 Å². The zero-order valence-electron chi connectivity index (χ0n) is 9.37. The van der Waals surface area contributed by atoms with Gasteiger partial charge in [-0.25, -0.2) is 8.42 Å². The highest BCUT2D eigenvalue weighted by Crippen LogP contribution is 2.40. The third kappa shape index (κ3) is 1.71. The molecule has 94 valence electrons. The summed E-state index contributed by atoms with van der Waals surface area (Å²) >= 11 is 0. The lowest BCUT2D eigenvalue weighted by Crippen LogP contribution is -2.37. The lowest BCUT2D eigenvalue weighted by atomic mass is 10.1. The van der Waals surface area contributed by atoms with Gasteiger partial charge in [0.25, 0.3) is 10.0 Å². The Morgan fingerprint density at radius 1 is 1.41 bits per heavy atom. The summed E-state index contributed by atoms with van der Waals surface area (Å²) in [7, 11) is -3.50. The largest absolute Gasteiger partial charge is 0.446 e. The average Bonchev–Trinajstić information content (AvgIpc) is 3.04. The smallest absolute Gasteiger partial charge is 0.276 e. The van der Waals surface area contributed by atoms with Crippen LogP contribution in [0.1, 0.15) is 25.0 Å². The molecule has 1 aromatic rings. The van der Waals surface area contributed by atoms with E-state index < -0.39 is 10.0 Å². The summed E-state index contributed by atoms with van der Waals surface area (Å²) in [6.45, 7) is 0.337. The summed E-state index contributed by atoms with van der Waals surface area (Å²) in [4.78, 5) is 0. The first-order valence-electron chi connectivity index (χ1n) is 5.82. The van der Waals surface area contributed by atoms with Crippen LogP contribution in [0.15, 0.2) is 21.6 Å². The minimum Gasteiger partial charge on any atom is -0.446 e. The maximum Gasteiger partial charge on any atom is 0.276 e. The predicted octanol–water partition coefficient (Wildman–Crippen LogP) is 0.945. The molecule has 2 heterocycles. The molecule has 0 spiro atoms. The highest BCUT2D eigenvalue weighted by molar-refractivity contribution is 7.89. The fourth-order valence-electron chi connectivity index (χ4n) is 2.87. The van der Waals surface area contributed by atoms with Gasteiger partial charge in [-0.05, 0) is 37.3 Å². The summed E-state index contributed by atoms with van der Waals surface area (Å²) in [6.07, 6.45) is 3.07. The maximum absolute atomic E-state index is 12.3. The van der Waals surface area contributed by atoms with Crippen LogP contribution in [-0.4, -0.2) is 30.4 Å². The third-order valence-corrected chi connectivity index (χ3v) is 5.51. The first kappa shape index (κ1) is 11.3. The molecule has 3 rings (SSSR count). The van der Waals surface area contributed by atoms with Crippen molar-refractivity contribution in [1.29, 1.82) is 0 Å². The number of aliphatic hydroxyl groups is 1. The highest BCUT2D eigenvalue weighted by atomic mass is 32.2. The lowest BCUT2D eigenvalue weighted by Gasteiger charge is -2.24. The summed E-state index contributed by atoms with van der Waals surface area (Å²) < 4.78 is 31.3. The SMILES string of the molecule is O=S(=O)(c1ccc(CO)o1)N1CC2CCC1C2. The monoisotopic (exact) mass is 257 g/mol. The average molecular weight is 257 g/mol. The van der Waals surface area contributed by atoms with Crippen molar-refractivity contribution in [1.82, 2.24) is 4.31 Å². The van der Waals surface area contributed by atoms with Gasteiger partial charge in [-0.2, -0.15) is 4.31 Å². The minimum absolute atomic E-state index is 0.0471. The van der Waals surface area contributed by atoms with E-state index in [1.807, 2.05) is 0 Å². The first-order chi connectivity index (χ1) is 8.11. The van der Waals surface area contributed by atoms with Gasteiger partial charge in [-0.15, -0.1) is 0 Å². The molecular formula is C11H15NO4S. The van der Waals surface area contributed by atoms with Crippen LogP contribution in [-0.2, 0) is 16.6 Å². The van der Waals surface area contributed by atoms with Crippen LogP contribution in [0, 0.1) is 5.92 Å². The van der Waals surface area contributed by atoms with Crippen LogP contribution >= 0.6 is 0 Å². The topological polar surface area (TPSA) is 70.8 Å². The maximum atomic E-state index is 12.3. The van der Waals surface area contributed by atoms with E-state index >= 15 is 0 Å². The number of sulfonamides is 1. The standard InChI is InChI=1S/C11H15NO4S/c13-7-10-3-4-11(16-10)17(14,15)12-6-8-1-2-9(12)5-8/h3-4,8-9,13H,1-2,5-7H2. The minimum atomic E-state index is -3.50. The van der Waals surface area contributed by atoms with Crippen molar-refractivity contribution < 1.29 is 17.9 Å². The van der Waals surface area contributed by atoms with Crippen LogP contribution in [0.3, 0.4) is 0 Å². The molecule has 1 saturated carbocycles. The Balaban J connectivity index is 1.90. The Morgan fingerprint density at radius 2 is 2.24 bits per heavy atom. The van der Waals surface area contributed by atoms with E-state index in [4.69, 9.17) is 9.52 Å². The fraction of sp³-hybridized carbons (Fsp3) is 0.636. The second-order valence-electron chi connectivity index (χ2n) is 4.79. The van der Waals surface area contributed by atoms with Gasteiger partial charge in [0.15, 0.2) is 0 Å². The molecule has 2 unspecified atom stereocenters. The number of rotatable bonds is 3. The van der Waals surface area contributed by atoms with Gasteiger partial charge in [-0.1, -0.05) is 0 Å². The molecule has 0 aromatic carbocycles. The molecule has 2 bridgehead atoms. The number of nitrogens with zero attached hydrogens (tertiary/aromatic N) is 1. The van der Waals surface area contributed by atoms with Crippen molar-refractivity contribution in [3.05, 3.63) is 17.9 Å². The van der Waals surface area contributed by atoms with E-state index in [2.05, 4.69) is 0 Å². The van der Waals surface area contributed by atoms with Crippen LogP contribution in [0.5, 0.6) is 0 Å². The van der Waals surface area contributed by atoms with E-state index in [9.17, 15) is 8.42 Å². The predicted molar refractivity (Wildman–Crippen MR) is 59.7 cm³/mol. The van der Waals surface area contributed by atoms with Gasteiger partial charge in [-0.3, -0.25) is 0 Å². The van der Waals surface area contributed by atoms with Gasteiger partial charge in [0.2, 0.25) is 5.09 Å². The lowest BCUT2D eigenvalue weighted by molar-refractivity contribution is 0.234. The molecule has 17 heavy (non-hydrogen) atoms. The molecule has 1 saturated heterocycles. The van der Waals surface area contributed by atoms with Gasteiger partial charge in [0.05, 0.1) is 0 Å². The summed E-state index contributed by atoms with van der Waals surface area (Å²) in [5.74, 6) is 0.801. The Labute approximate surface area is 100 Å². The third-order valence-electron chi connectivity index (χ3n) is 3.71. The van der Waals surface area contributed by atoms with Crippen LogP contribution in [0.25, 0.3) is 0 Å². The number of fused-ring (bicyclic) bond motifs is 2. The van der Waals surface area contributed by atoms with E-state index in [0.29, 0.717) is 12.5 Å². The Morgan fingerprint density at radius 3 is 2.76 bits per heavy atom. The molecule has 2 atom stereocenters. The van der Waals surface area contributed by atoms with E-state index in [-0.39, 0.29) is 23.5 Å². The van der Waals surface area contributed by atoms with Crippen molar-refractivity contribution >= 4 is 10.0 Å². The summed E-state index contributed by atoms with van der Waals surface area (Å²) in [5.41, 5.74) is 0. The highest BCUT2D eigenvalue weighted by Gasteiger charge is 2.45.